The van der Waals surface area contributed by atoms with Crippen LogP contribution in [-0.2, 0) is 6.42 Å². The molecule has 0 aliphatic heterocycles. The maximum atomic E-state index is 6.50. The van der Waals surface area contributed by atoms with E-state index in [1.807, 2.05) is 0 Å². The Bertz CT molecular complexity index is 319. The largest absolute Gasteiger partial charge is 0.118 e. The second kappa shape index (κ2) is 3.94. The Balaban J connectivity index is 2.40. The van der Waals surface area contributed by atoms with Gasteiger partial charge in [-0.1, -0.05) is 38.1 Å². The Kier molecular flexibility index (Phi) is 2.83. The molecular weight excluding hydrogens is 192 g/mol. The third-order valence-corrected chi connectivity index (χ3v) is 4.21. The molecule has 0 heterocycles. The first-order valence-electron chi connectivity index (χ1n) is 5.42. The summed E-state index contributed by atoms with van der Waals surface area (Å²) in [5, 5.41) is 0.198. The average molecular weight is 209 g/mol. The minimum atomic E-state index is 0.198. The van der Waals surface area contributed by atoms with Crippen LogP contribution in [0.15, 0.2) is 24.3 Å². The molecule has 0 amide bonds. The summed E-state index contributed by atoms with van der Waals surface area (Å²) in [7, 11) is 0. The molecule has 0 saturated heterocycles. The first-order chi connectivity index (χ1) is 6.70. The maximum Gasteiger partial charge on any atom is 0.0615 e. The van der Waals surface area contributed by atoms with E-state index in [9.17, 15) is 0 Å². The van der Waals surface area contributed by atoms with Crippen molar-refractivity contribution < 1.29 is 0 Å². The van der Waals surface area contributed by atoms with Gasteiger partial charge in [0.15, 0.2) is 0 Å². The summed E-state index contributed by atoms with van der Waals surface area (Å²) in [5.74, 6) is 1.31. The van der Waals surface area contributed by atoms with E-state index in [1.165, 1.54) is 24.0 Å². The topological polar surface area (TPSA) is 0 Å². The van der Waals surface area contributed by atoms with Gasteiger partial charge in [0.25, 0.3) is 0 Å². The summed E-state index contributed by atoms with van der Waals surface area (Å²) in [6.07, 6.45) is 2.45. The fourth-order valence-electron chi connectivity index (χ4n) is 2.25. The lowest BCUT2D eigenvalue weighted by atomic mass is 9.90. The smallest absolute Gasteiger partial charge is 0.0615 e. The van der Waals surface area contributed by atoms with E-state index < -0.39 is 0 Å². The van der Waals surface area contributed by atoms with Crippen LogP contribution in [0.4, 0.5) is 0 Å². The second-order valence-electron chi connectivity index (χ2n) is 4.48. The van der Waals surface area contributed by atoms with Crippen molar-refractivity contribution in [3.8, 4) is 0 Å². The van der Waals surface area contributed by atoms with Crippen molar-refractivity contribution in [2.45, 2.75) is 32.1 Å². The fourth-order valence-corrected chi connectivity index (χ4v) is 2.71. The molecule has 0 nitrogen and oxygen atoms in total. The van der Waals surface area contributed by atoms with Crippen molar-refractivity contribution in [2.75, 3.05) is 0 Å². The summed E-state index contributed by atoms with van der Waals surface area (Å²) in [6.45, 7) is 4.58. The molecule has 0 bridgehead atoms. The Morgan fingerprint density at radius 3 is 2.71 bits per heavy atom. The molecule has 3 atom stereocenters. The highest BCUT2D eigenvalue weighted by atomic mass is 35.5. The van der Waals surface area contributed by atoms with E-state index in [2.05, 4.69) is 38.1 Å². The number of aryl methyl sites for hydroxylation is 1. The van der Waals surface area contributed by atoms with Gasteiger partial charge >= 0.3 is 0 Å². The Labute approximate surface area is 91.3 Å². The average Bonchev–Trinajstić information content (AvgIpc) is 2.32. The second-order valence-corrected chi connectivity index (χ2v) is 4.95. The van der Waals surface area contributed by atoms with E-state index in [-0.39, 0.29) is 5.38 Å². The predicted molar refractivity (Wildman–Crippen MR) is 61.7 cm³/mol. The molecule has 1 aromatic carbocycles. The Hall–Kier alpha value is -0.490. The van der Waals surface area contributed by atoms with Crippen LogP contribution in [0.5, 0.6) is 0 Å². The third kappa shape index (κ3) is 1.68. The van der Waals surface area contributed by atoms with Crippen molar-refractivity contribution >= 4 is 11.6 Å². The van der Waals surface area contributed by atoms with E-state index in [4.69, 9.17) is 11.6 Å². The van der Waals surface area contributed by atoms with Gasteiger partial charge in [-0.25, -0.2) is 0 Å². The highest BCUT2D eigenvalue weighted by Crippen LogP contribution is 2.40. The SMILES string of the molecule is CC1CCc2ccccc2C(Cl)C1C. The van der Waals surface area contributed by atoms with Crippen LogP contribution in [0.2, 0.25) is 0 Å². The molecule has 0 spiro atoms. The molecule has 0 fully saturated rings. The molecule has 0 saturated carbocycles. The van der Waals surface area contributed by atoms with Gasteiger partial charge in [0.2, 0.25) is 0 Å². The molecule has 1 aliphatic rings. The normalized spacial score (nSPS) is 32.1. The zero-order valence-corrected chi connectivity index (χ0v) is 9.59. The van der Waals surface area contributed by atoms with E-state index in [0.717, 1.165) is 5.92 Å². The maximum absolute atomic E-state index is 6.50. The summed E-state index contributed by atoms with van der Waals surface area (Å²) in [4.78, 5) is 0. The lowest BCUT2D eigenvalue weighted by molar-refractivity contribution is 0.367. The monoisotopic (exact) mass is 208 g/mol. The van der Waals surface area contributed by atoms with Crippen molar-refractivity contribution in [2.24, 2.45) is 11.8 Å². The minimum Gasteiger partial charge on any atom is -0.118 e. The van der Waals surface area contributed by atoms with Crippen LogP contribution in [-0.4, -0.2) is 0 Å². The predicted octanol–water partition coefficient (Wildman–Crippen LogP) is 4.18. The van der Waals surface area contributed by atoms with Gasteiger partial charge < -0.3 is 0 Å². The first kappa shape index (κ1) is 10.0. The lowest BCUT2D eigenvalue weighted by Gasteiger charge is -2.21. The van der Waals surface area contributed by atoms with Gasteiger partial charge in [0.1, 0.15) is 0 Å². The van der Waals surface area contributed by atoms with Crippen LogP contribution in [0, 0.1) is 11.8 Å². The van der Waals surface area contributed by atoms with Crippen LogP contribution < -0.4 is 0 Å². The number of alkyl halides is 1. The van der Waals surface area contributed by atoms with Crippen LogP contribution in [0.25, 0.3) is 0 Å². The highest BCUT2D eigenvalue weighted by Gasteiger charge is 2.27. The Morgan fingerprint density at radius 2 is 1.93 bits per heavy atom. The molecule has 76 valence electrons. The fraction of sp³-hybridized carbons (Fsp3) is 0.538. The Morgan fingerprint density at radius 1 is 1.21 bits per heavy atom. The summed E-state index contributed by atoms with van der Waals surface area (Å²) in [5.41, 5.74) is 2.80. The third-order valence-electron chi connectivity index (χ3n) is 3.58. The van der Waals surface area contributed by atoms with Gasteiger partial charge in [0.05, 0.1) is 5.38 Å². The number of hydrogen-bond donors (Lipinski definition) is 0. The number of halogens is 1. The van der Waals surface area contributed by atoms with Crippen LogP contribution in [0.1, 0.15) is 36.8 Å². The minimum absolute atomic E-state index is 0.198. The molecule has 3 unspecified atom stereocenters. The zero-order chi connectivity index (χ0) is 10.1. The van der Waals surface area contributed by atoms with Gasteiger partial charge in [-0.3, -0.25) is 0 Å². The molecule has 1 aliphatic carbocycles. The zero-order valence-electron chi connectivity index (χ0n) is 8.83. The van der Waals surface area contributed by atoms with Gasteiger partial charge in [-0.2, -0.15) is 0 Å². The van der Waals surface area contributed by atoms with E-state index in [0.29, 0.717) is 5.92 Å². The van der Waals surface area contributed by atoms with E-state index in [1.54, 1.807) is 0 Å². The van der Waals surface area contributed by atoms with Crippen molar-refractivity contribution in [1.82, 2.24) is 0 Å². The molecule has 0 aromatic heterocycles. The number of benzene rings is 1. The van der Waals surface area contributed by atoms with Gasteiger partial charge in [-0.05, 0) is 35.8 Å². The highest BCUT2D eigenvalue weighted by molar-refractivity contribution is 6.21. The number of rotatable bonds is 0. The molecule has 0 radical (unpaired) electrons. The number of hydrogen-bond acceptors (Lipinski definition) is 0. The van der Waals surface area contributed by atoms with Gasteiger partial charge in [0, 0.05) is 0 Å². The molecule has 0 N–H and O–H groups in total. The molecule has 2 rings (SSSR count). The summed E-state index contributed by atoms with van der Waals surface area (Å²) >= 11 is 6.50. The first-order valence-corrected chi connectivity index (χ1v) is 5.85. The summed E-state index contributed by atoms with van der Waals surface area (Å²) in [6, 6.07) is 8.61. The van der Waals surface area contributed by atoms with Crippen LogP contribution in [0.3, 0.4) is 0 Å². The quantitative estimate of drug-likeness (QED) is 0.443. The lowest BCUT2D eigenvalue weighted by Crippen LogP contribution is -2.11. The van der Waals surface area contributed by atoms with Crippen molar-refractivity contribution in [1.29, 1.82) is 0 Å². The van der Waals surface area contributed by atoms with E-state index >= 15 is 0 Å². The van der Waals surface area contributed by atoms with Gasteiger partial charge in [-0.15, -0.1) is 11.6 Å². The van der Waals surface area contributed by atoms with Crippen molar-refractivity contribution in [3.05, 3.63) is 35.4 Å². The molecular formula is C13H17Cl. The van der Waals surface area contributed by atoms with Crippen molar-refractivity contribution in [3.63, 3.8) is 0 Å². The van der Waals surface area contributed by atoms with Crippen LogP contribution >= 0.6 is 11.6 Å². The summed E-state index contributed by atoms with van der Waals surface area (Å²) < 4.78 is 0. The molecule has 14 heavy (non-hydrogen) atoms. The molecule has 1 heteroatoms. The standard InChI is InChI=1S/C13H17Cl/c1-9-7-8-11-5-3-4-6-12(11)13(14)10(9)2/h3-6,9-10,13H,7-8H2,1-2H3. The number of fused-ring (bicyclic) bond motifs is 1. The molecule has 1 aromatic rings.